The summed E-state index contributed by atoms with van der Waals surface area (Å²) in [5.74, 6) is -0.227. The molecule has 0 heterocycles. The SMILES string of the molecule is C=Cc1ccc(-c2ccc(-c3ccc(OC(F)(F)F)cc3)cc2)cc1. The average molecular weight is 340 g/mol. The quantitative estimate of drug-likeness (QED) is 0.522. The number of hydrogen-bond donors (Lipinski definition) is 0. The van der Waals surface area contributed by atoms with Crippen molar-refractivity contribution in [1.82, 2.24) is 0 Å². The summed E-state index contributed by atoms with van der Waals surface area (Å²) < 4.78 is 40.5. The molecule has 0 unspecified atom stereocenters. The largest absolute Gasteiger partial charge is 0.573 e. The van der Waals surface area contributed by atoms with Crippen LogP contribution in [0.2, 0.25) is 0 Å². The Morgan fingerprint density at radius 2 is 1.00 bits per heavy atom. The van der Waals surface area contributed by atoms with Crippen molar-refractivity contribution in [2.45, 2.75) is 6.36 Å². The molecule has 25 heavy (non-hydrogen) atoms. The van der Waals surface area contributed by atoms with Gasteiger partial charge in [-0.3, -0.25) is 0 Å². The lowest BCUT2D eigenvalue weighted by Crippen LogP contribution is -2.16. The highest BCUT2D eigenvalue weighted by atomic mass is 19.4. The monoisotopic (exact) mass is 340 g/mol. The summed E-state index contributed by atoms with van der Waals surface area (Å²) in [5.41, 5.74) is 4.96. The molecule has 3 aromatic rings. The van der Waals surface area contributed by atoms with Gasteiger partial charge in [0.15, 0.2) is 0 Å². The molecule has 0 aliphatic heterocycles. The van der Waals surface area contributed by atoms with Crippen molar-refractivity contribution in [1.29, 1.82) is 0 Å². The summed E-state index contributed by atoms with van der Waals surface area (Å²) >= 11 is 0. The maximum Gasteiger partial charge on any atom is 0.573 e. The Morgan fingerprint density at radius 1 is 0.640 bits per heavy atom. The molecular weight excluding hydrogens is 325 g/mol. The summed E-state index contributed by atoms with van der Waals surface area (Å²) in [4.78, 5) is 0. The van der Waals surface area contributed by atoms with Crippen molar-refractivity contribution in [3.63, 3.8) is 0 Å². The van der Waals surface area contributed by atoms with Crippen LogP contribution in [-0.2, 0) is 0 Å². The summed E-state index contributed by atoms with van der Waals surface area (Å²) in [5, 5.41) is 0. The molecular formula is C21H15F3O. The first-order valence-electron chi connectivity index (χ1n) is 7.64. The van der Waals surface area contributed by atoms with Gasteiger partial charge < -0.3 is 4.74 Å². The van der Waals surface area contributed by atoms with Crippen LogP contribution < -0.4 is 4.74 Å². The zero-order valence-electron chi connectivity index (χ0n) is 13.3. The van der Waals surface area contributed by atoms with E-state index in [2.05, 4.69) is 11.3 Å². The highest BCUT2D eigenvalue weighted by Gasteiger charge is 2.30. The zero-order valence-corrected chi connectivity index (χ0v) is 13.3. The fraction of sp³-hybridized carbons (Fsp3) is 0.0476. The van der Waals surface area contributed by atoms with Gasteiger partial charge in [-0.2, -0.15) is 0 Å². The topological polar surface area (TPSA) is 9.23 Å². The number of hydrogen-bond acceptors (Lipinski definition) is 1. The Hall–Kier alpha value is -3.01. The molecule has 4 heteroatoms. The van der Waals surface area contributed by atoms with Crippen molar-refractivity contribution in [3.8, 4) is 28.0 Å². The van der Waals surface area contributed by atoms with Crippen LogP contribution >= 0.6 is 0 Å². The lowest BCUT2D eigenvalue weighted by Gasteiger charge is -2.10. The Morgan fingerprint density at radius 3 is 1.36 bits per heavy atom. The normalized spacial score (nSPS) is 11.2. The van der Waals surface area contributed by atoms with E-state index in [1.54, 1.807) is 18.2 Å². The van der Waals surface area contributed by atoms with Crippen LogP contribution in [0, 0.1) is 0 Å². The predicted molar refractivity (Wildman–Crippen MR) is 94.1 cm³/mol. The van der Waals surface area contributed by atoms with E-state index in [-0.39, 0.29) is 5.75 Å². The van der Waals surface area contributed by atoms with Gasteiger partial charge in [-0.1, -0.05) is 73.3 Å². The molecule has 0 N–H and O–H groups in total. The molecule has 0 spiro atoms. The van der Waals surface area contributed by atoms with E-state index in [1.807, 2.05) is 48.5 Å². The smallest absolute Gasteiger partial charge is 0.406 e. The average Bonchev–Trinajstić information content (AvgIpc) is 2.61. The molecule has 1 nitrogen and oxygen atoms in total. The van der Waals surface area contributed by atoms with Gasteiger partial charge in [0.05, 0.1) is 0 Å². The van der Waals surface area contributed by atoms with E-state index in [1.165, 1.54) is 12.1 Å². The van der Waals surface area contributed by atoms with E-state index >= 15 is 0 Å². The molecule has 126 valence electrons. The van der Waals surface area contributed by atoms with Crippen LogP contribution in [0.25, 0.3) is 28.3 Å². The number of alkyl halides is 3. The Balaban J connectivity index is 1.78. The van der Waals surface area contributed by atoms with Gasteiger partial charge in [-0.25, -0.2) is 0 Å². The molecule has 3 aromatic carbocycles. The molecule has 0 atom stereocenters. The van der Waals surface area contributed by atoms with Crippen molar-refractivity contribution in [3.05, 3.63) is 84.9 Å². The Labute approximate surface area is 144 Å². The van der Waals surface area contributed by atoms with E-state index < -0.39 is 6.36 Å². The van der Waals surface area contributed by atoms with Crippen LogP contribution in [0.4, 0.5) is 13.2 Å². The molecule has 0 fully saturated rings. The molecule has 0 aliphatic rings. The number of benzene rings is 3. The molecule has 0 radical (unpaired) electrons. The standard InChI is InChI=1S/C21H15F3O/c1-2-15-3-5-16(6-4-15)17-7-9-18(10-8-17)19-11-13-20(14-12-19)25-21(22,23)24/h2-14H,1H2. The van der Waals surface area contributed by atoms with Gasteiger partial charge in [0.25, 0.3) is 0 Å². The second-order valence-electron chi connectivity index (χ2n) is 5.48. The van der Waals surface area contributed by atoms with Crippen molar-refractivity contribution >= 4 is 6.08 Å². The van der Waals surface area contributed by atoms with Crippen LogP contribution in [0.1, 0.15) is 5.56 Å². The predicted octanol–water partition coefficient (Wildman–Crippen LogP) is 6.56. The first-order chi connectivity index (χ1) is 11.9. The lowest BCUT2D eigenvalue weighted by atomic mass is 9.99. The van der Waals surface area contributed by atoms with Gasteiger partial charge in [0.2, 0.25) is 0 Å². The molecule has 0 saturated carbocycles. The number of ether oxygens (including phenoxy) is 1. The van der Waals surface area contributed by atoms with Crippen molar-refractivity contribution in [2.24, 2.45) is 0 Å². The Bertz CT molecular complexity index is 846. The van der Waals surface area contributed by atoms with Gasteiger partial charge in [0.1, 0.15) is 5.75 Å². The first kappa shape index (κ1) is 16.8. The number of halogens is 3. The fourth-order valence-corrected chi connectivity index (χ4v) is 2.52. The van der Waals surface area contributed by atoms with Gasteiger partial charge >= 0.3 is 6.36 Å². The summed E-state index contributed by atoms with van der Waals surface area (Å²) in [6, 6.07) is 21.7. The molecule has 0 aliphatic carbocycles. The third kappa shape index (κ3) is 4.29. The van der Waals surface area contributed by atoms with E-state index in [0.717, 1.165) is 27.8 Å². The highest BCUT2D eigenvalue weighted by molar-refractivity contribution is 5.71. The summed E-state index contributed by atoms with van der Waals surface area (Å²) in [6.07, 6.45) is -2.89. The van der Waals surface area contributed by atoms with Crippen LogP contribution in [0.15, 0.2) is 79.4 Å². The van der Waals surface area contributed by atoms with E-state index in [0.29, 0.717) is 0 Å². The molecule has 0 bridgehead atoms. The van der Waals surface area contributed by atoms with Gasteiger partial charge in [-0.05, 0) is 39.9 Å². The van der Waals surface area contributed by atoms with Crippen molar-refractivity contribution < 1.29 is 17.9 Å². The maximum atomic E-state index is 12.2. The zero-order chi connectivity index (χ0) is 17.9. The minimum atomic E-state index is -4.68. The molecule has 0 saturated heterocycles. The highest BCUT2D eigenvalue weighted by Crippen LogP contribution is 2.28. The van der Waals surface area contributed by atoms with Crippen LogP contribution in [0.5, 0.6) is 5.75 Å². The van der Waals surface area contributed by atoms with Crippen LogP contribution in [-0.4, -0.2) is 6.36 Å². The van der Waals surface area contributed by atoms with Crippen molar-refractivity contribution in [2.75, 3.05) is 0 Å². The van der Waals surface area contributed by atoms with E-state index in [9.17, 15) is 13.2 Å². The molecule has 0 aromatic heterocycles. The molecule has 0 amide bonds. The second-order valence-corrected chi connectivity index (χ2v) is 5.48. The lowest BCUT2D eigenvalue weighted by molar-refractivity contribution is -0.274. The van der Waals surface area contributed by atoms with Crippen LogP contribution in [0.3, 0.4) is 0 Å². The maximum absolute atomic E-state index is 12.2. The third-order valence-electron chi connectivity index (χ3n) is 3.79. The minimum absolute atomic E-state index is 0.227. The summed E-state index contributed by atoms with van der Waals surface area (Å²) in [6.45, 7) is 3.73. The summed E-state index contributed by atoms with van der Waals surface area (Å²) in [7, 11) is 0. The second kappa shape index (κ2) is 6.85. The fourth-order valence-electron chi connectivity index (χ4n) is 2.52. The van der Waals surface area contributed by atoms with E-state index in [4.69, 9.17) is 0 Å². The minimum Gasteiger partial charge on any atom is -0.406 e. The van der Waals surface area contributed by atoms with Gasteiger partial charge in [-0.15, -0.1) is 13.2 Å². The molecule has 3 rings (SSSR count). The number of rotatable bonds is 4. The van der Waals surface area contributed by atoms with Gasteiger partial charge in [0, 0.05) is 0 Å². The first-order valence-corrected chi connectivity index (χ1v) is 7.64. The third-order valence-corrected chi connectivity index (χ3v) is 3.79. The Kier molecular flexibility index (Phi) is 4.61.